The highest BCUT2D eigenvalue weighted by Gasteiger charge is 2.28. The van der Waals surface area contributed by atoms with Gasteiger partial charge in [0.05, 0.1) is 5.56 Å². The van der Waals surface area contributed by atoms with Crippen LogP contribution in [0.5, 0.6) is 0 Å². The molecule has 0 atom stereocenters. The van der Waals surface area contributed by atoms with Crippen LogP contribution in [0.15, 0.2) is 4.79 Å². The molecule has 0 saturated heterocycles. The minimum atomic E-state index is -1.13. The molecule has 15 heavy (non-hydrogen) atoms. The van der Waals surface area contributed by atoms with Gasteiger partial charge in [0.15, 0.2) is 5.69 Å². The van der Waals surface area contributed by atoms with Crippen molar-refractivity contribution in [3.8, 4) is 0 Å². The lowest BCUT2D eigenvalue weighted by Gasteiger charge is -2.04. The van der Waals surface area contributed by atoms with Gasteiger partial charge in [-0.15, -0.1) is 0 Å². The molecule has 1 heterocycles. The van der Waals surface area contributed by atoms with Gasteiger partial charge in [-0.1, -0.05) is 6.92 Å². The second-order valence-electron chi connectivity index (χ2n) is 3.71. The molecule has 1 aromatic rings. The lowest BCUT2D eigenvalue weighted by Crippen LogP contribution is -2.22. The number of hydrogen-bond acceptors (Lipinski definition) is 3. The molecule has 1 aliphatic carbocycles. The van der Waals surface area contributed by atoms with Gasteiger partial charge >= 0.3 is 5.97 Å². The van der Waals surface area contributed by atoms with Crippen LogP contribution in [0.2, 0.25) is 0 Å². The van der Waals surface area contributed by atoms with Crippen molar-refractivity contribution in [3.63, 3.8) is 0 Å². The van der Waals surface area contributed by atoms with E-state index < -0.39 is 5.97 Å². The van der Waals surface area contributed by atoms with Crippen LogP contribution in [-0.4, -0.2) is 21.0 Å². The van der Waals surface area contributed by atoms with E-state index in [1.54, 1.807) is 6.92 Å². The minimum Gasteiger partial charge on any atom is -0.476 e. The molecule has 1 fully saturated rings. The number of rotatable bonds is 3. The Hall–Kier alpha value is -1.65. The van der Waals surface area contributed by atoms with Crippen molar-refractivity contribution in [1.29, 1.82) is 0 Å². The molecule has 0 amide bonds. The topological polar surface area (TPSA) is 83.0 Å². The number of H-pyrrole nitrogens is 1. The molecule has 1 saturated carbocycles. The zero-order valence-electron chi connectivity index (χ0n) is 8.41. The minimum absolute atomic E-state index is 0.0943. The second-order valence-corrected chi connectivity index (χ2v) is 3.71. The van der Waals surface area contributed by atoms with E-state index in [1.165, 1.54) is 0 Å². The number of carboxylic acids is 1. The summed E-state index contributed by atoms with van der Waals surface area (Å²) in [5.74, 6) is -0.351. The van der Waals surface area contributed by atoms with Crippen LogP contribution in [0.25, 0.3) is 0 Å². The molecule has 0 radical (unpaired) electrons. The molecular formula is C10H12N2O3. The molecule has 0 aliphatic heterocycles. The van der Waals surface area contributed by atoms with Crippen LogP contribution < -0.4 is 5.56 Å². The van der Waals surface area contributed by atoms with Gasteiger partial charge in [0.2, 0.25) is 0 Å². The Morgan fingerprint density at radius 3 is 2.73 bits per heavy atom. The molecule has 1 aromatic heterocycles. The average Bonchev–Trinajstić information content (AvgIpc) is 2.99. The number of carbonyl (C=O) groups is 1. The first-order chi connectivity index (χ1) is 7.13. The second kappa shape index (κ2) is 3.49. The van der Waals surface area contributed by atoms with E-state index in [0.29, 0.717) is 12.2 Å². The van der Waals surface area contributed by atoms with E-state index in [2.05, 4.69) is 9.97 Å². The molecule has 5 heteroatoms. The number of carboxylic acid groups (broad SMARTS) is 1. The highest BCUT2D eigenvalue weighted by Crippen LogP contribution is 2.37. The summed E-state index contributed by atoms with van der Waals surface area (Å²) in [6.07, 6.45) is 2.34. The van der Waals surface area contributed by atoms with Crippen molar-refractivity contribution < 1.29 is 9.90 Å². The van der Waals surface area contributed by atoms with Crippen LogP contribution >= 0.6 is 0 Å². The van der Waals surface area contributed by atoms with E-state index >= 15 is 0 Å². The van der Waals surface area contributed by atoms with E-state index in [4.69, 9.17) is 5.11 Å². The van der Waals surface area contributed by atoms with Gasteiger partial charge in [-0.25, -0.2) is 9.78 Å². The van der Waals surface area contributed by atoms with Crippen molar-refractivity contribution in [2.75, 3.05) is 0 Å². The quantitative estimate of drug-likeness (QED) is 0.773. The van der Waals surface area contributed by atoms with Crippen LogP contribution in [-0.2, 0) is 6.42 Å². The maximum atomic E-state index is 11.6. The zero-order chi connectivity index (χ0) is 11.0. The summed E-state index contributed by atoms with van der Waals surface area (Å²) in [6, 6.07) is 0. The third-order valence-electron chi connectivity index (χ3n) is 2.55. The van der Waals surface area contributed by atoms with Gasteiger partial charge in [0, 0.05) is 5.92 Å². The van der Waals surface area contributed by atoms with Gasteiger partial charge < -0.3 is 10.1 Å². The molecular weight excluding hydrogens is 196 g/mol. The van der Waals surface area contributed by atoms with E-state index in [0.717, 1.165) is 12.8 Å². The maximum absolute atomic E-state index is 11.6. The van der Waals surface area contributed by atoms with Gasteiger partial charge in [-0.3, -0.25) is 4.79 Å². The lowest BCUT2D eigenvalue weighted by molar-refractivity contribution is 0.0688. The Morgan fingerprint density at radius 2 is 2.27 bits per heavy atom. The fraction of sp³-hybridized carbons (Fsp3) is 0.500. The fourth-order valence-corrected chi connectivity index (χ4v) is 1.57. The molecule has 0 bridgehead atoms. The fourth-order valence-electron chi connectivity index (χ4n) is 1.57. The van der Waals surface area contributed by atoms with E-state index in [1.807, 2.05) is 0 Å². The summed E-state index contributed by atoms with van der Waals surface area (Å²) >= 11 is 0. The Bertz CT molecular complexity index is 460. The predicted octanol–water partition coefficient (Wildman–Crippen LogP) is 0.908. The van der Waals surface area contributed by atoms with Crippen molar-refractivity contribution in [3.05, 3.63) is 27.4 Å². The van der Waals surface area contributed by atoms with Gasteiger partial charge in [-0.2, -0.15) is 0 Å². The van der Waals surface area contributed by atoms with Gasteiger partial charge in [0.1, 0.15) is 5.82 Å². The van der Waals surface area contributed by atoms with Gasteiger partial charge in [0.25, 0.3) is 5.56 Å². The molecule has 1 aliphatic rings. The lowest BCUT2D eigenvalue weighted by atomic mass is 10.1. The monoisotopic (exact) mass is 208 g/mol. The van der Waals surface area contributed by atoms with Crippen LogP contribution in [0, 0.1) is 0 Å². The summed E-state index contributed by atoms with van der Waals surface area (Å²) in [7, 11) is 0. The first-order valence-corrected chi connectivity index (χ1v) is 4.99. The summed E-state index contributed by atoms with van der Waals surface area (Å²) in [6.45, 7) is 1.75. The predicted molar refractivity (Wildman–Crippen MR) is 53.2 cm³/mol. The number of nitrogens with one attached hydrogen (secondary N) is 1. The Balaban J connectivity index is 2.57. The Kier molecular flexibility index (Phi) is 2.30. The van der Waals surface area contributed by atoms with Crippen LogP contribution in [0.3, 0.4) is 0 Å². The molecule has 80 valence electrons. The molecule has 2 rings (SSSR count). The van der Waals surface area contributed by atoms with E-state index in [-0.39, 0.29) is 22.7 Å². The summed E-state index contributed by atoms with van der Waals surface area (Å²) in [4.78, 5) is 29.1. The maximum Gasteiger partial charge on any atom is 0.355 e. The first kappa shape index (κ1) is 9.89. The van der Waals surface area contributed by atoms with Gasteiger partial charge in [-0.05, 0) is 19.3 Å². The van der Waals surface area contributed by atoms with Crippen molar-refractivity contribution in [2.24, 2.45) is 0 Å². The van der Waals surface area contributed by atoms with Crippen molar-refractivity contribution in [1.82, 2.24) is 9.97 Å². The molecule has 2 N–H and O–H groups in total. The van der Waals surface area contributed by atoms with Crippen molar-refractivity contribution >= 4 is 5.97 Å². The number of aromatic carboxylic acids is 1. The number of aromatic nitrogens is 2. The summed E-state index contributed by atoms with van der Waals surface area (Å²) in [5.41, 5.74) is -0.151. The zero-order valence-corrected chi connectivity index (χ0v) is 8.41. The number of hydrogen-bond donors (Lipinski definition) is 2. The molecule has 0 aromatic carbocycles. The summed E-state index contributed by atoms with van der Waals surface area (Å²) < 4.78 is 0. The number of aromatic amines is 1. The normalized spacial score (nSPS) is 15.3. The standard InChI is InChI=1S/C10H12N2O3/c1-2-6-7(10(14)15)11-8(5-3-4-5)12-9(6)13/h5H,2-4H2,1H3,(H,14,15)(H,11,12,13). The smallest absolute Gasteiger partial charge is 0.355 e. The van der Waals surface area contributed by atoms with Crippen LogP contribution in [0.1, 0.15) is 47.6 Å². The summed E-state index contributed by atoms with van der Waals surface area (Å²) in [5, 5.41) is 8.93. The number of nitrogens with zero attached hydrogens (tertiary/aromatic N) is 1. The highest BCUT2D eigenvalue weighted by atomic mass is 16.4. The first-order valence-electron chi connectivity index (χ1n) is 4.99. The SMILES string of the molecule is CCc1c(C(=O)O)nc(C2CC2)[nH]c1=O. The molecule has 0 unspecified atom stereocenters. The highest BCUT2D eigenvalue weighted by molar-refractivity contribution is 5.86. The van der Waals surface area contributed by atoms with Crippen molar-refractivity contribution in [2.45, 2.75) is 32.1 Å². The largest absolute Gasteiger partial charge is 0.476 e. The van der Waals surface area contributed by atoms with Crippen LogP contribution in [0.4, 0.5) is 0 Å². The molecule has 5 nitrogen and oxygen atoms in total. The Morgan fingerprint density at radius 1 is 1.60 bits per heavy atom. The average molecular weight is 208 g/mol. The Labute approximate surface area is 86.2 Å². The third-order valence-corrected chi connectivity index (χ3v) is 2.55. The third kappa shape index (κ3) is 1.77. The van der Waals surface area contributed by atoms with E-state index in [9.17, 15) is 9.59 Å². The molecule has 0 spiro atoms.